The second-order valence-corrected chi connectivity index (χ2v) is 5.61. The van der Waals surface area contributed by atoms with Gasteiger partial charge in [-0.15, -0.1) is 0 Å². The highest BCUT2D eigenvalue weighted by molar-refractivity contribution is 6.33. The topological polar surface area (TPSA) is 61.0 Å². The van der Waals surface area contributed by atoms with Crippen molar-refractivity contribution in [3.05, 3.63) is 41.0 Å². The third-order valence-corrected chi connectivity index (χ3v) is 4.24. The fourth-order valence-corrected chi connectivity index (χ4v) is 2.87. The van der Waals surface area contributed by atoms with Crippen molar-refractivity contribution in [3.63, 3.8) is 0 Å². The van der Waals surface area contributed by atoms with E-state index in [1.807, 2.05) is 25.2 Å². The van der Waals surface area contributed by atoms with E-state index in [1.165, 1.54) is 0 Å². The van der Waals surface area contributed by atoms with Crippen molar-refractivity contribution >= 4 is 17.5 Å². The summed E-state index contributed by atoms with van der Waals surface area (Å²) in [5.74, 6) is -0.0348. The SMILES string of the molecule is CN(C(=O)c1cn[nH]c1-c1ccccc1Cl)C1CCNC1. The van der Waals surface area contributed by atoms with Gasteiger partial charge in [0.15, 0.2) is 0 Å². The Balaban J connectivity index is 1.92. The number of aromatic amines is 1. The maximum Gasteiger partial charge on any atom is 0.257 e. The number of rotatable bonds is 3. The number of hydrogen-bond acceptors (Lipinski definition) is 3. The molecule has 1 aromatic heterocycles. The molecule has 3 rings (SSSR count). The molecule has 0 bridgehead atoms. The van der Waals surface area contributed by atoms with E-state index in [-0.39, 0.29) is 11.9 Å². The molecule has 1 unspecified atom stereocenters. The van der Waals surface area contributed by atoms with Crippen LogP contribution in [0.3, 0.4) is 0 Å². The molecule has 0 spiro atoms. The quantitative estimate of drug-likeness (QED) is 0.913. The lowest BCUT2D eigenvalue weighted by Gasteiger charge is -2.23. The Morgan fingerprint density at radius 2 is 2.24 bits per heavy atom. The Morgan fingerprint density at radius 3 is 2.95 bits per heavy atom. The van der Waals surface area contributed by atoms with Gasteiger partial charge in [-0.2, -0.15) is 5.10 Å². The Hall–Kier alpha value is -1.85. The predicted octanol–water partition coefficient (Wildman–Crippen LogP) is 2.16. The molecule has 6 heteroatoms. The van der Waals surface area contributed by atoms with Crippen LogP contribution in [-0.4, -0.2) is 47.2 Å². The molecule has 1 aliphatic heterocycles. The van der Waals surface area contributed by atoms with Crippen molar-refractivity contribution in [1.82, 2.24) is 20.4 Å². The van der Waals surface area contributed by atoms with E-state index in [0.29, 0.717) is 16.3 Å². The summed E-state index contributed by atoms with van der Waals surface area (Å²) in [6, 6.07) is 7.66. The van der Waals surface area contributed by atoms with Crippen molar-refractivity contribution < 1.29 is 4.79 Å². The lowest BCUT2D eigenvalue weighted by molar-refractivity contribution is 0.0744. The van der Waals surface area contributed by atoms with Crippen LogP contribution in [0, 0.1) is 0 Å². The molecule has 2 aromatic rings. The minimum Gasteiger partial charge on any atom is -0.337 e. The molecule has 1 fully saturated rings. The second-order valence-electron chi connectivity index (χ2n) is 5.20. The summed E-state index contributed by atoms with van der Waals surface area (Å²) < 4.78 is 0. The fraction of sp³-hybridized carbons (Fsp3) is 0.333. The van der Waals surface area contributed by atoms with E-state index in [0.717, 1.165) is 25.1 Å². The van der Waals surface area contributed by atoms with Crippen molar-refractivity contribution in [2.75, 3.05) is 20.1 Å². The molecule has 2 N–H and O–H groups in total. The monoisotopic (exact) mass is 304 g/mol. The van der Waals surface area contributed by atoms with Gasteiger partial charge >= 0.3 is 0 Å². The normalized spacial score (nSPS) is 17.9. The number of hydrogen-bond donors (Lipinski definition) is 2. The Bertz CT molecular complexity index is 649. The van der Waals surface area contributed by atoms with Crippen LogP contribution in [0.5, 0.6) is 0 Å². The Labute approximate surface area is 128 Å². The highest BCUT2D eigenvalue weighted by Gasteiger charge is 2.27. The molecule has 110 valence electrons. The first kappa shape index (κ1) is 14.1. The van der Waals surface area contributed by atoms with Crippen LogP contribution in [-0.2, 0) is 0 Å². The fourth-order valence-electron chi connectivity index (χ4n) is 2.64. The smallest absolute Gasteiger partial charge is 0.257 e. The molecule has 1 aliphatic rings. The number of benzene rings is 1. The van der Waals surface area contributed by atoms with Gasteiger partial charge < -0.3 is 10.2 Å². The first-order valence-electron chi connectivity index (χ1n) is 6.94. The summed E-state index contributed by atoms with van der Waals surface area (Å²) in [5, 5.41) is 10.8. The average Bonchev–Trinajstić information content (AvgIpc) is 3.17. The maximum atomic E-state index is 12.7. The van der Waals surface area contributed by atoms with E-state index in [1.54, 1.807) is 17.2 Å². The van der Waals surface area contributed by atoms with Crippen LogP contribution in [0.4, 0.5) is 0 Å². The average molecular weight is 305 g/mol. The summed E-state index contributed by atoms with van der Waals surface area (Å²) in [4.78, 5) is 14.5. The molecule has 1 saturated heterocycles. The van der Waals surface area contributed by atoms with Crippen LogP contribution < -0.4 is 5.32 Å². The minimum atomic E-state index is -0.0348. The van der Waals surface area contributed by atoms with E-state index < -0.39 is 0 Å². The van der Waals surface area contributed by atoms with E-state index in [2.05, 4.69) is 15.5 Å². The number of carbonyl (C=O) groups excluding carboxylic acids is 1. The zero-order valence-electron chi connectivity index (χ0n) is 11.8. The molecule has 0 radical (unpaired) electrons. The van der Waals surface area contributed by atoms with Crippen molar-refractivity contribution in [2.45, 2.75) is 12.5 Å². The standard InChI is InChI=1S/C15H17ClN4O/c1-20(10-6-7-17-8-10)15(21)12-9-18-19-14(12)11-4-2-3-5-13(11)16/h2-5,9-10,17H,6-8H2,1H3,(H,18,19). The predicted molar refractivity (Wildman–Crippen MR) is 82.4 cm³/mol. The molecule has 1 aromatic carbocycles. The molecule has 2 heterocycles. The van der Waals surface area contributed by atoms with Gasteiger partial charge in [0.2, 0.25) is 0 Å². The summed E-state index contributed by atoms with van der Waals surface area (Å²) in [5.41, 5.74) is 2.01. The van der Waals surface area contributed by atoms with E-state index in [9.17, 15) is 4.79 Å². The highest BCUT2D eigenvalue weighted by atomic mass is 35.5. The van der Waals surface area contributed by atoms with Crippen LogP contribution in [0.1, 0.15) is 16.8 Å². The molecule has 5 nitrogen and oxygen atoms in total. The molecule has 0 aliphatic carbocycles. The Kier molecular flexibility index (Phi) is 3.94. The van der Waals surface area contributed by atoms with Gasteiger partial charge in [-0.05, 0) is 19.0 Å². The first-order valence-corrected chi connectivity index (χ1v) is 7.32. The number of carbonyl (C=O) groups is 1. The number of amides is 1. The van der Waals surface area contributed by atoms with Gasteiger partial charge in [0.25, 0.3) is 5.91 Å². The molecule has 21 heavy (non-hydrogen) atoms. The van der Waals surface area contributed by atoms with Crippen molar-refractivity contribution in [1.29, 1.82) is 0 Å². The summed E-state index contributed by atoms with van der Waals surface area (Å²) >= 11 is 6.22. The number of H-pyrrole nitrogens is 1. The number of nitrogens with zero attached hydrogens (tertiary/aromatic N) is 2. The van der Waals surface area contributed by atoms with E-state index in [4.69, 9.17) is 11.6 Å². The zero-order valence-corrected chi connectivity index (χ0v) is 12.5. The van der Waals surface area contributed by atoms with Gasteiger partial charge in [0.1, 0.15) is 0 Å². The summed E-state index contributed by atoms with van der Waals surface area (Å²) in [6.45, 7) is 1.78. The van der Waals surface area contributed by atoms with E-state index >= 15 is 0 Å². The number of aromatic nitrogens is 2. The van der Waals surface area contributed by atoms with Crippen LogP contribution in [0.15, 0.2) is 30.5 Å². The number of halogens is 1. The molecular formula is C15H17ClN4O. The first-order chi connectivity index (χ1) is 10.2. The number of nitrogens with one attached hydrogen (secondary N) is 2. The Morgan fingerprint density at radius 1 is 1.43 bits per heavy atom. The molecule has 1 amide bonds. The van der Waals surface area contributed by atoms with Crippen LogP contribution in [0.25, 0.3) is 11.3 Å². The van der Waals surface area contributed by atoms with Gasteiger partial charge in [0.05, 0.1) is 17.5 Å². The van der Waals surface area contributed by atoms with Gasteiger partial charge in [-0.1, -0.05) is 29.8 Å². The highest BCUT2D eigenvalue weighted by Crippen LogP contribution is 2.29. The van der Waals surface area contributed by atoms with Crippen LogP contribution in [0.2, 0.25) is 5.02 Å². The second kappa shape index (κ2) is 5.87. The lowest BCUT2D eigenvalue weighted by Crippen LogP contribution is -2.38. The third kappa shape index (κ3) is 2.66. The van der Waals surface area contributed by atoms with Crippen LogP contribution >= 0.6 is 11.6 Å². The van der Waals surface area contributed by atoms with Gasteiger partial charge in [-0.25, -0.2) is 0 Å². The maximum absolute atomic E-state index is 12.7. The number of likely N-dealkylation sites (N-methyl/N-ethyl adjacent to an activating group) is 1. The lowest BCUT2D eigenvalue weighted by atomic mass is 10.1. The summed E-state index contributed by atoms with van der Waals surface area (Å²) in [6.07, 6.45) is 2.54. The van der Waals surface area contributed by atoms with Gasteiger partial charge in [0, 0.05) is 30.2 Å². The largest absolute Gasteiger partial charge is 0.337 e. The third-order valence-electron chi connectivity index (χ3n) is 3.92. The van der Waals surface area contributed by atoms with Gasteiger partial charge in [-0.3, -0.25) is 9.89 Å². The van der Waals surface area contributed by atoms with Crippen molar-refractivity contribution in [2.24, 2.45) is 0 Å². The minimum absolute atomic E-state index is 0.0348. The molecular weight excluding hydrogens is 288 g/mol. The summed E-state index contributed by atoms with van der Waals surface area (Å²) in [7, 11) is 1.84. The molecule has 0 saturated carbocycles. The zero-order chi connectivity index (χ0) is 14.8. The van der Waals surface area contributed by atoms with Crippen molar-refractivity contribution in [3.8, 4) is 11.3 Å². The molecule has 1 atom stereocenters.